The van der Waals surface area contributed by atoms with Crippen LogP contribution in [0.15, 0.2) is 504 Å². The lowest BCUT2D eigenvalue weighted by molar-refractivity contribution is 1.18. The summed E-state index contributed by atoms with van der Waals surface area (Å²) in [6, 6.07) is 184. The van der Waals surface area contributed by atoms with Gasteiger partial charge in [0.15, 0.2) is 0 Å². The maximum atomic E-state index is 2.48. The second-order valence-electron chi connectivity index (χ2n) is 35.0. The van der Waals surface area contributed by atoms with Crippen LogP contribution in [0.2, 0.25) is 0 Å². The quantitative estimate of drug-likeness (QED) is 0.0954. The summed E-state index contributed by atoms with van der Waals surface area (Å²) in [5.74, 6) is 0. The number of benzene rings is 24. The van der Waals surface area contributed by atoms with Crippen molar-refractivity contribution in [2.75, 3.05) is 9.80 Å². The Labute approximate surface area is 769 Å². The van der Waals surface area contributed by atoms with Crippen molar-refractivity contribution in [3.8, 4) is 83.8 Å². The van der Waals surface area contributed by atoms with Crippen molar-refractivity contribution in [1.29, 1.82) is 0 Å². The normalized spacial score (nSPS) is 11.8. The molecule has 0 saturated carbocycles. The highest BCUT2D eigenvalue weighted by Crippen LogP contribution is 2.51. The molecule has 27 aromatic rings. The van der Waals surface area contributed by atoms with Gasteiger partial charge in [0, 0.05) is 83.5 Å². The van der Waals surface area contributed by atoms with Crippen molar-refractivity contribution < 1.29 is 0 Å². The molecule has 0 aliphatic rings. The number of hydrogen-bond acceptors (Lipinski definition) is 2. The molecule has 133 heavy (non-hydrogen) atoms. The molecule has 5 nitrogen and oxygen atoms in total. The zero-order chi connectivity index (χ0) is 87.6. The lowest BCUT2D eigenvalue weighted by Crippen LogP contribution is -2.09. The molecule has 0 amide bonds. The molecule has 0 bridgehead atoms. The molecule has 0 unspecified atom stereocenters. The van der Waals surface area contributed by atoms with E-state index in [4.69, 9.17) is 0 Å². The molecular formula is C128H83N5. The smallest absolute Gasteiger partial charge is 0.0553 e. The number of hydrogen-bond donors (Lipinski definition) is 0. The number of anilines is 6. The van der Waals surface area contributed by atoms with E-state index in [1.165, 1.54) is 203 Å². The Balaban J connectivity index is 0.000000139. The van der Waals surface area contributed by atoms with Crippen molar-refractivity contribution in [1.82, 2.24) is 13.7 Å². The molecule has 0 atom stereocenters. The zero-order valence-electron chi connectivity index (χ0n) is 72.7. The third-order valence-corrected chi connectivity index (χ3v) is 27.5. The van der Waals surface area contributed by atoms with Gasteiger partial charge >= 0.3 is 0 Å². The maximum absolute atomic E-state index is 2.48. The predicted octanol–water partition coefficient (Wildman–Crippen LogP) is 35.4. The Hall–Kier alpha value is -17.6. The van der Waals surface area contributed by atoms with Gasteiger partial charge in [0.25, 0.3) is 0 Å². The Morgan fingerprint density at radius 2 is 0.414 bits per heavy atom. The number of nitrogens with zero attached hydrogens (tertiary/aromatic N) is 5. The van der Waals surface area contributed by atoms with Crippen LogP contribution in [0.25, 0.3) is 214 Å². The van der Waals surface area contributed by atoms with E-state index in [2.05, 4.69) is 527 Å². The van der Waals surface area contributed by atoms with Crippen molar-refractivity contribution in [2.24, 2.45) is 0 Å². The molecule has 0 spiro atoms. The Morgan fingerprint density at radius 1 is 0.128 bits per heavy atom. The minimum atomic E-state index is 1.12. The first-order valence-electron chi connectivity index (χ1n) is 45.8. The molecule has 24 aromatic carbocycles. The van der Waals surface area contributed by atoms with Gasteiger partial charge in [-0.05, 0) is 301 Å². The first-order valence-corrected chi connectivity index (χ1v) is 45.8. The van der Waals surface area contributed by atoms with Crippen LogP contribution in [0.1, 0.15) is 0 Å². The van der Waals surface area contributed by atoms with Crippen LogP contribution in [0.3, 0.4) is 0 Å². The maximum Gasteiger partial charge on any atom is 0.0553 e. The third-order valence-electron chi connectivity index (χ3n) is 27.5. The van der Waals surface area contributed by atoms with Crippen LogP contribution in [0.5, 0.6) is 0 Å². The molecule has 620 valence electrons. The summed E-state index contributed by atoms with van der Waals surface area (Å²) in [5.41, 5.74) is 31.9. The lowest BCUT2D eigenvalue weighted by atomic mass is 9.88. The predicted molar refractivity (Wildman–Crippen MR) is 565 cm³/mol. The van der Waals surface area contributed by atoms with Crippen LogP contribution < -0.4 is 9.80 Å². The molecule has 0 radical (unpaired) electrons. The fourth-order valence-electron chi connectivity index (χ4n) is 21.5. The summed E-state index contributed by atoms with van der Waals surface area (Å²) in [6.07, 6.45) is 0. The van der Waals surface area contributed by atoms with Gasteiger partial charge in [-0.1, -0.05) is 334 Å². The molecule has 0 N–H and O–H groups in total. The lowest BCUT2D eigenvalue weighted by Gasteiger charge is -2.25. The van der Waals surface area contributed by atoms with Crippen LogP contribution in [0, 0.1) is 0 Å². The SMILES string of the molecule is c1ccc(-c2cc(-c3ccccc3)cc(-c3ccc4c5c6ccc7ccc(-c8ccc(N(c9ccccc9)c9ccccc9)cc8)c8ccc(cc5n(-c5ccccc5)c4c3)c6c78)c2)cc1.c1ccc(N(c2ccccc2)c2ccc(-c3ccc4ccc5c6c(ccc3c46)cc3c5c4ccc(-c5ccc6c(c5)c5ccccc5n6-c5ccccc5)cc4n3-c3ccccc3)cc2)cc1. The van der Waals surface area contributed by atoms with Crippen LogP contribution in [-0.4, -0.2) is 13.7 Å². The van der Waals surface area contributed by atoms with Gasteiger partial charge in [-0.3, -0.25) is 0 Å². The summed E-state index contributed by atoms with van der Waals surface area (Å²) < 4.78 is 7.33. The Kier molecular flexibility index (Phi) is 18.2. The van der Waals surface area contributed by atoms with Crippen molar-refractivity contribution in [3.05, 3.63) is 504 Å². The summed E-state index contributed by atoms with van der Waals surface area (Å²) in [5, 5.41) is 22.9. The second kappa shape index (κ2) is 31.7. The molecule has 3 aromatic heterocycles. The molecule has 0 aliphatic carbocycles. The van der Waals surface area contributed by atoms with Gasteiger partial charge in [-0.25, -0.2) is 0 Å². The minimum Gasteiger partial charge on any atom is -0.311 e. The molecule has 0 saturated heterocycles. The van der Waals surface area contributed by atoms with Gasteiger partial charge in [0.1, 0.15) is 0 Å². The number of para-hydroxylation sites is 8. The van der Waals surface area contributed by atoms with E-state index < -0.39 is 0 Å². The van der Waals surface area contributed by atoms with E-state index in [1.54, 1.807) is 0 Å². The summed E-state index contributed by atoms with van der Waals surface area (Å²) in [7, 11) is 0. The average molecular weight is 1690 g/mol. The molecule has 3 heterocycles. The summed E-state index contributed by atoms with van der Waals surface area (Å²) in [6.45, 7) is 0. The zero-order valence-corrected chi connectivity index (χ0v) is 72.7. The monoisotopic (exact) mass is 1690 g/mol. The molecule has 0 aliphatic heterocycles. The molecule has 0 fully saturated rings. The van der Waals surface area contributed by atoms with Crippen LogP contribution >= 0.6 is 0 Å². The first kappa shape index (κ1) is 76.6. The van der Waals surface area contributed by atoms with E-state index in [1.807, 2.05) is 0 Å². The van der Waals surface area contributed by atoms with Gasteiger partial charge < -0.3 is 23.5 Å². The first-order chi connectivity index (χ1) is 66.0. The largest absolute Gasteiger partial charge is 0.311 e. The highest BCUT2D eigenvalue weighted by molar-refractivity contribution is 6.36. The highest BCUT2D eigenvalue weighted by Gasteiger charge is 2.26. The second-order valence-corrected chi connectivity index (χ2v) is 35.0. The van der Waals surface area contributed by atoms with E-state index in [0.717, 1.165) is 45.5 Å². The minimum absolute atomic E-state index is 1.12. The van der Waals surface area contributed by atoms with Gasteiger partial charge in [0.2, 0.25) is 0 Å². The van der Waals surface area contributed by atoms with Crippen molar-refractivity contribution in [2.45, 2.75) is 0 Å². The average Bonchev–Trinajstić information content (AvgIpc) is 1.62. The van der Waals surface area contributed by atoms with Gasteiger partial charge in [-0.15, -0.1) is 0 Å². The highest BCUT2D eigenvalue weighted by atomic mass is 15.1. The van der Waals surface area contributed by atoms with Gasteiger partial charge in [-0.2, -0.15) is 0 Å². The van der Waals surface area contributed by atoms with E-state index >= 15 is 0 Å². The van der Waals surface area contributed by atoms with Crippen LogP contribution in [-0.2, 0) is 0 Å². The summed E-state index contributed by atoms with van der Waals surface area (Å²) in [4.78, 5) is 4.64. The van der Waals surface area contributed by atoms with E-state index in [9.17, 15) is 0 Å². The molecule has 5 heteroatoms. The number of rotatable bonds is 15. The van der Waals surface area contributed by atoms with Crippen molar-refractivity contribution >= 4 is 164 Å². The van der Waals surface area contributed by atoms with E-state index in [0.29, 0.717) is 0 Å². The van der Waals surface area contributed by atoms with E-state index in [-0.39, 0.29) is 0 Å². The Morgan fingerprint density at radius 3 is 0.827 bits per heavy atom. The van der Waals surface area contributed by atoms with Crippen molar-refractivity contribution in [3.63, 3.8) is 0 Å². The summed E-state index contributed by atoms with van der Waals surface area (Å²) >= 11 is 0. The number of fused-ring (bicyclic) bond motifs is 11. The molecular weight excluding hydrogens is 1610 g/mol. The van der Waals surface area contributed by atoms with Crippen LogP contribution in [0.4, 0.5) is 34.1 Å². The number of aromatic nitrogens is 3. The molecule has 27 rings (SSSR count). The fourth-order valence-corrected chi connectivity index (χ4v) is 21.5. The third kappa shape index (κ3) is 12.9. The topological polar surface area (TPSA) is 21.3 Å². The Bertz CT molecular complexity index is 8980. The standard InChI is InChI=1S/C64H41N3.C64H42N2/c1-5-15-47(16-6-1)65(48-17-7-2-8-18-48)51-32-25-42(26-33-51)52-34-27-43-28-37-56-63-46(30-35-54(52)62(43)63)41-61-64(56)55-36-29-45(40-60(55)67(61)50-21-11-4-12-22-50)44-31-38-59-57(39-44)53-23-13-14-24-58(53)66(59)49-19-9-3-10-20-49;1-6-16-43(17-7-1)49-38-50(44-18-8-2-9-19-44)40-51(39-49)47-30-36-58-60(41-47)66(54-24-14-5-15-25-54)61-42-48-31-35-57-56(34-28-46-29-37-59(64(58)61)63(48)62(46)57)45-26-32-55(33-27-45)65(52-20-10-3-11-21-52)53-22-12-4-13-23-53/h1-41H;1-42H. The van der Waals surface area contributed by atoms with Gasteiger partial charge in [0.05, 0.1) is 33.1 Å². The fraction of sp³-hybridized carbons (Fsp3) is 0.